The maximum Gasteiger partial charge on any atom is 0.358 e. The van der Waals surface area contributed by atoms with Crippen LogP contribution in [0.3, 0.4) is 0 Å². The number of carboxylic acids is 1. The van der Waals surface area contributed by atoms with E-state index in [-0.39, 0.29) is 5.82 Å². The Morgan fingerprint density at radius 2 is 2.00 bits per heavy atom. The van der Waals surface area contributed by atoms with Crippen LogP contribution in [-0.4, -0.2) is 32.8 Å². The van der Waals surface area contributed by atoms with Crippen LogP contribution < -0.4 is 10.3 Å². The first-order chi connectivity index (χ1) is 9.47. The molecular formula is C13H12N2O5. The van der Waals surface area contributed by atoms with Crippen molar-refractivity contribution in [3.8, 4) is 22.9 Å². The van der Waals surface area contributed by atoms with Crippen LogP contribution in [0.1, 0.15) is 10.5 Å². The molecule has 0 saturated carbocycles. The highest BCUT2D eigenvalue weighted by Crippen LogP contribution is 2.28. The topological polar surface area (TPSA) is 102 Å². The number of methoxy groups -OCH3 is 1. The summed E-state index contributed by atoms with van der Waals surface area (Å²) in [6.45, 7) is 0. The Balaban J connectivity index is 2.81. The first-order valence-corrected chi connectivity index (χ1v) is 5.64. The van der Waals surface area contributed by atoms with Gasteiger partial charge in [-0.2, -0.15) is 0 Å². The van der Waals surface area contributed by atoms with Crippen molar-refractivity contribution >= 4 is 5.97 Å². The molecule has 0 radical (unpaired) electrons. The highest BCUT2D eigenvalue weighted by molar-refractivity contribution is 5.89. The fourth-order valence-corrected chi connectivity index (χ4v) is 1.81. The third-order valence-corrected chi connectivity index (χ3v) is 2.82. The number of aromatic hydroxyl groups is 1. The van der Waals surface area contributed by atoms with Crippen LogP contribution in [0.4, 0.5) is 0 Å². The number of hydrogen-bond donors (Lipinski definition) is 2. The summed E-state index contributed by atoms with van der Waals surface area (Å²) in [7, 11) is 2.85. The van der Waals surface area contributed by atoms with Crippen molar-refractivity contribution < 1.29 is 19.7 Å². The molecule has 104 valence electrons. The summed E-state index contributed by atoms with van der Waals surface area (Å²) in [6.07, 6.45) is 0. The van der Waals surface area contributed by atoms with Crippen molar-refractivity contribution in [3.63, 3.8) is 0 Å². The van der Waals surface area contributed by atoms with Gasteiger partial charge in [-0.1, -0.05) is 12.1 Å². The molecule has 0 aliphatic rings. The van der Waals surface area contributed by atoms with Gasteiger partial charge in [-0.05, 0) is 12.1 Å². The normalized spacial score (nSPS) is 10.3. The van der Waals surface area contributed by atoms with Gasteiger partial charge in [-0.15, -0.1) is 0 Å². The summed E-state index contributed by atoms with van der Waals surface area (Å²) < 4.78 is 6.23. The quantitative estimate of drug-likeness (QED) is 0.862. The number of nitrogens with zero attached hydrogens (tertiary/aromatic N) is 2. The minimum atomic E-state index is -1.48. The molecule has 0 atom stereocenters. The average Bonchev–Trinajstić information content (AvgIpc) is 2.45. The van der Waals surface area contributed by atoms with E-state index in [9.17, 15) is 14.7 Å². The predicted octanol–water partition coefficient (Wildman–Crippen LogP) is 0.860. The second-order valence-electron chi connectivity index (χ2n) is 4.00. The Morgan fingerprint density at radius 1 is 1.35 bits per heavy atom. The van der Waals surface area contributed by atoms with Crippen molar-refractivity contribution in [3.05, 3.63) is 40.3 Å². The standard InChI is InChI=1S/C13H12N2O5/c1-15-11(7-5-3-4-6-8(7)20-2)14-9(13(18)19)10(16)12(15)17/h3-6,16H,1-2H3,(H,18,19). The van der Waals surface area contributed by atoms with Crippen LogP contribution in [0, 0.1) is 0 Å². The lowest BCUT2D eigenvalue weighted by Gasteiger charge is -2.12. The fourth-order valence-electron chi connectivity index (χ4n) is 1.81. The maximum absolute atomic E-state index is 11.9. The van der Waals surface area contributed by atoms with Crippen LogP contribution in [-0.2, 0) is 7.05 Å². The number of carbonyl (C=O) groups is 1. The summed E-state index contributed by atoms with van der Waals surface area (Å²) in [4.78, 5) is 26.7. The van der Waals surface area contributed by atoms with Gasteiger partial charge >= 0.3 is 5.97 Å². The highest BCUT2D eigenvalue weighted by Gasteiger charge is 2.21. The molecule has 0 amide bonds. The average molecular weight is 276 g/mol. The zero-order chi connectivity index (χ0) is 14.9. The smallest absolute Gasteiger partial charge is 0.358 e. The van der Waals surface area contributed by atoms with Gasteiger partial charge in [0.25, 0.3) is 5.56 Å². The van der Waals surface area contributed by atoms with Gasteiger partial charge in [-0.25, -0.2) is 9.78 Å². The zero-order valence-electron chi connectivity index (χ0n) is 10.8. The lowest BCUT2D eigenvalue weighted by atomic mass is 10.1. The van der Waals surface area contributed by atoms with Crippen molar-refractivity contribution in [2.24, 2.45) is 7.05 Å². The third-order valence-electron chi connectivity index (χ3n) is 2.82. The zero-order valence-corrected chi connectivity index (χ0v) is 10.8. The Morgan fingerprint density at radius 3 is 2.60 bits per heavy atom. The van der Waals surface area contributed by atoms with Gasteiger partial charge in [0.1, 0.15) is 11.6 Å². The van der Waals surface area contributed by atoms with Crippen molar-refractivity contribution in [1.82, 2.24) is 9.55 Å². The summed E-state index contributed by atoms with van der Waals surface area (Å²) in [5, 5.41) is 18.5. The van der Waals surface area contributed by atoms with Gasteiger partial charge in [0.15, 0.2) is 5.69 Å². The molecule has 2 N–H and O–H groups in total. The number of carboxylic acid groups (broad SMARTS) is 1. The molecule has 1 aromatic carbocycles. The van der Waals surface area contributed by atoms with E-state index in [1.165, 1.54) is 14.2 Å². The molecule has 2 aromatic rings. The first kappa shape index (κ1) is 13.6. The van der Waals surface area contributed by atoms with E-state index in [1.54, 1.807) is 24.3 Å². The van der Waals surface area contributed by atoms with E-state index in [0.717, 1.165) is 4.57 Å². The molecule has 0 bridgehead atoms. The molecule has 1 heterocycles. The number of ether oxygens (including phenoxy) is 1. The Labute approximate surface area is 113 Å². The molecule has 0 fully saturated rings. The molecule has 1 aromatic heterocycles. The van der Waals surface area contributed by atoms with Crippen LogP contribution >= 0.6 is 0 Å². The SMILES string of the molecule is COc1ccccc1-c1nc(C(=O)O)c(O)c(=O)n1C. The molecule has 7 nitrogen and oxygen atoms in total. The number of aromatic carboxylic acids is 1. The van der Waals surface area contributed by atoms with E-state index in [4.69, 9.17) is 9.84 Å². The lowest BCUT2D eigenvalue weighted by Crippen LogP contribution is -2.23. The largest absolute Gasteiger partial charge is 0.501 e. The van der Waals surface area contributed by atoms with E-state index in [1.807, 2.05) is 0 Å². The van der Waals surface area contributed by atoms with E-state index < -0.39 is 23.0 Å². The molecule has 20 heavy (non-hydrogen) atoms. The number of hydrogen-bond acceptors (Lipinski definition) is 5. The van der Waals surface area contributed by atoms with Crippen molar-refractivity contribution in [2.45, 2.75) is 0 Å². The number of rotatable bonds is 3. The minimum Gasteiger partial charge on any atom is -0.501 e. The molecule has 7 heteroatoms. The van der Waals surface area contributed by atoms with Gasteiger partial charge in [0.2, 0.25) is 5.75 Å². The maximum atomic E-state index is 11.9. The summed E-state index contributed by atoms with van der Waals surface area (Å²) in [6, 6.07) is 6.74. The molecule has 0 saturated heterocycles. The van der Waals surface area contributed by atoms with Gasteiger partial charge < -0.3 is 14.9 Å². The summed E-state index contributed by atoms with van der Waals surface area (Å²) >= 11 is 0. The Hall–Kier alpha value is -2.83. The molecule has 2 rings (SSSR count). The summed E-state index contributed by atoms with van der Waals surface area (Å²) in [5.74, 6) is -1.82. The van der Waals surface area contributed by atoms with E-state index in [0.29, 0.717) is 11.3 Å². The summed E-state index contributed by atoms with van der Waals surface area (Å²) in [5.41, 5.74) is -1.07. The van der Waals surface area contributed by atoms with Gasteiger partial charge in [-0.3, -0.25) is 9.36 Å². The fraction of sp³-hybridized carbons (Fsp3) is 0.154. The Bertz CT molecular complexity index is 736. The minimum absolute atomic E-state index is 0.0997. The molecule has 0 spiro atoms. The third kappa shape index (κ3) is 2.09. The highest BCUT2D eigenvalue weighted by atomic mass is 16.5. The second-order valence-corrected chi connectivity index (χ2v) is 4.00. The molecule has 0 unspecified atom stereocenters. The monoisotopic (exact) mass is 276 g/mol. The van der Waals surface area contributed by atoms with Crippen molar-refractivity contribution in [2.75, 3.05) is 7.11 Å². The molecular weight excluding hydrogens is 264 g/mol. The second kappa shape index (κ2) is 5.04. The first-order valence-electron chi connectivity index (χ1n) is 5.64. The van der Waals surface area contributed by atoms with Gasteiger partial charge in [0, 0.05) is 7.05 Å². The van der Waals surface area contributed by atoms with Gasteiger partial charge in [0.05, 0.1) is 12.7 Å². The van der Waals surface area contributed by atoms with Crippen LogP contribution in [0.25, 0.3) is 11.4 Å². The van der Waals surface area contributed by atoms with Crippen LogP contribution in [0.15, 0.2) is 29.1 Å². The number of benzene rings is 1. The van der Waals surface area contributed by atoms with E-state index >= 15 is 0 Å². The lowest BCUT2D eigenvalue weighted by molar-refractivity contribution is 0.0686. The van der Waals surface area contributed by atoms with E-state index in [2.05, 4.69) is 4.98 Å². The predicted molar refractivity (Wildman–Crippen MR) is 70.1 cm³/mol. The Kier molecular flexibility index (Phi) is 3.43. The molecule has 0 aliphatic carbocycles. The number of para-hydroxylation sites is 1. The molecule has 0 aliphatic heterocycles. The van der Waals surface area contributed by atoms with Crippen LogP contribution in [0.2, 0.25) is 0 Å². The van der Waals surface area contributed by atoms with Crippen molar-refractivity contribution in [1.29, 1.82) is 0 Å². The number of aromatic nitrogens is 2. The van der Waals surface area contributed by atoms with Crippen LogP contribution in [0.5, 0.6) is 11.5 Å².